The quantitative estimate of drug-likeness (QED) is 0.738. The lowest BCUT2D eigenvalue weighted by molar-refractivity contribution is 0.112. The van der Waals surface area contributed by atoms with E-state index in [4.69, 9.17) is 11.6 Å². The third kappa shape index (κ3) is 1.20. The van der Waals surface area contributed by atoms with Crippen molar-refractivity contribution in [1.29, 1.82) is 0 Å². The van der Waals surface area contributed by atoms with Gasteiger partial charge < -0.3 is 5.11 Å². The van der Waals surface area contributed by atoms with Crippen molar-refractivity contribution in [2.24, 2.45) is 0 Å². The molecule has 0 saturated heterocycles. The van der Waals surface area contributed by atoms with Crippen LogP contribution in [-0.4, -0.2) is 11.4 Å². The fourth-order valence-corrected chi connectivity index (χ4v) is 2.47. The van der Waals surface area contributed by atoms with Crippen molar-refractivity contribution < 1.29 is 9.90 Å². The smallest absolute Gasteiger partial charge is 0.155 e. The predicted octanol–water partition coefficient (Wildman–Crippen LogP) is 3.07. The lowest BCUT2D eigenvalue weighted by atomic mass is 10.1. The van der Waals surface area contributed by atoms with E-state index in [1.807, 2.05) is 0 Å². The molecule has 1 aromatic carbocycles. The molecular formula is C9H5ClO2S. The molecule has 0 aliphatic rings. The van der Waals surface area contributed by atoms with Crippen LogP contribution in [0.1, 0.15) is 10.4 Å². The molecule has 0 aliphatic carbocycles. The number of phenols is 1. The van der Waals surface area contributed by atoms with Gasteiger partial charge in [-0.05, 0) is 12.1 Å². The molecule has 2 aromatic rings. The number of aldehydes is 1. The van der Waals surface area contributed by atoms with Crippen LogP contribution in [0.25, 0.3) is 10.1 Å². The molecule has 13 heavy (non-hydrogen) atoms. The van der Waals surface area contributed by atoms with Crippen LogP contribution >= 0.6 is 22.9 Å². The average molecular weight is 213 g/mol. The summed E-state index contributed by atoms with van der Waals surface area (Å²) in [5.41, 5.74) is 0.314. The van der Waals surface area contributed by atoms with Crippen LogP contribution in [0.4, 0.5) is 0 Å². The molecule has 0 bridgehead atoms. The first-order valence-electron chi connectivity index (χ1n) is 3.58. The highest BCUT2D eigenvalue weighted by Gasteiger charge is 2.09. The number of carbonyl (C=O) groups excluding carboxylic acids is 1. The zero-order chi connectivity index (χ0) is 9.42. The minimum Gasteiger partial charge on any atom is -0.507 e. The Bertz CT molecular complexity index is 476. The van der Waals surface area contributed by atoms with E-state index < -0.39 is 0 Å². The van der Waals surface area contributed by atoms with E-state index in [-0.39, 0.29) is 5.75 Å². The highest BCUT2D eigenvalue weighted by atomic mass is 35.5. The number of carbonyl (C=O) groups is 1. The van der Waals surface area contributed by atoms with Crippen LogP contribution in [0.3, 0.4) is 0 Å². The van der Waals surface area contributed by atoms with Crippen LogP contribution in [0.15, 0.2) is 17.5 Å². The second-order valence-electron chi connectivity index (χ2n) is 2.58. The number of phenolic OH excluding ortho intramolecular Hbond substituents is 1. The molecule has 1 aromatic heterocycles. The molecule has 2 rings (SSSR count). The molecular weight excluding hydrogens is 208 g/mol. The fourth-order valence-electron chi connectivity index (χ4n) is 1.19. The highest BCUT2D eigenvalue weighted by molar-refractivity contribution is 7.18. The SMILES string of the molecule is O=Cc1c(O)ccc2c(Cl)csc12. The Labute approximate surface area is 83.4 Å². The molecule has 2 nitrogen and oxygen atoms in total. The monoisotopic (exact) mass is 212 g/mol. The van der Waals surface area contributed by atoms with Gasteiger partial charge in [-0.1, -0.05) is 11.6 Å². The Morgan fingerprint density at radius 1 is 1.46 bits per heavy atom. The number of rotatable bonds is 1. The van der Waals surface area contributed by atoms with Gasteiger partial charge in [-0.2, -0.15) is 0 Å². The third-order valence-electron chi connectivity index (χ3n) is 1.83. The number of fused-ring (bicyclic) bond motifs is 1. The summed E-state index contributed by atoms with van der Waals surface area (Å²) in [6.07, 6.45) is 0.643. The molecule has 0 saturated carbocycles. The van der Waals surface area contributed by atoms with Gasteiger partial charge in [0.05, 0.1) is 15.3 Å². The van der Waals surface area contributed by atoms with E-state index in [1.54, 1.807) is 11.4 Å². The maximum absolute atomic E-state index is 10.7. The molecule has 0 atom stereocenters. The molecule has 0 radical (unpaired) electrons. The van der Waals surface area contributed by atoms with Crippen molar-refractivity contribution in [3.63, 3.8) is 0 Å². The topological polar surface area (TPSA) is 37.3 Å². The van der Waals surface area contributed by atoms with Gasteiger partial charge >= 0.3 is 0 Å². The zero-order valence-corrected chi connectivity index (χ0v) is 8.02. The Hall–Kier alpha value is -1.06. The Morgan fingerprint density at radius 2 is 2.23 bits per heavy atom. The molecule has 4 heteroatoms. The number of benzene rings is 1. The maximum atomic E-state index is 10.7. The second kappa shape index (κ2) is 3.01. The minimum atomic E-state index is 0.000941. The fraction of sp³-hybridized carbons (Fsp3) is 0. The first-order chi connectivity index (χ1) is 6.24. The summed E-state index contributed by atoms with van der Waals surface area (Å²) in [6.45, 7) is 0. The molecule has 0 amide bonds. The predicted molar refractivity (Wildman–Crippen MR) is 53.9 cm³/mol. The van der Waals surface area contributed by atoms with Gasteiger partial charge in [0.15, 0.2) is 6.29 Å². The first-order valence-corrected chi connectivity index (χ1v) is 4.83. The van der Waals surface area contributed by atoms with Gasteiger partial charge in [-0.15, -0.1) is 11.3 Å². The first kappa shape index (κ1) is 8.53. The van der Waals surface area contributed by atoms with Crippen LogP contribution in [0.2, 0.25) is 5.02 Å². The normalized spacial score (nSPS) is 10.5. The van der Waals surface area contributed by atoms with E-state index in [1.165, 1.54) is 17.4 Å². The van der Waals surface area contributed by atoms with Gasteiger partial charge in [0.1, 0.15) is 5.75 Å². The third-order valence-corrected chi connectivity index (χ3v) is 3.30. The summed E-state index contributed by atoms with van der Waals surface area (Å²) >= 11 is 7.22. The van der Waals surface area contributed by atoms with Crippen molar-refractivity contribution >= 4 is 39.3 Å². The van der Waals surface area contributed by atoms with Gasteiger partial charge in [0.2, 0.25) is 0 Å². The summed E-state index contributed by atoms with van der Waals surface area (Å²) in [5, 5.41) is 12.5. The number of thiophene rings is 1. The average Bonchev–Trinajstić information content (AvgIpc) is 2.48. The number of hydrogen-bond donors (Lipinski definition) is 1. The largest absolute Gasteiger partial charge is 0.507 e. The molecule has 0 fully saturated rings. The number of halogens is 1. The molecule has 66 valence electrons. The number of aromatic hydroxyl groups is 1. The van der Waals surface area contributed by atoms with E-state index >= 15 is 0 Å². The van der Waals surface area contributed by atoms with Crippen molar-refractivity contribution in [1.82, 2.24) is 0 Å². The standard InChI is InChI=1S/C9H5ClO2S/c10-7-4-13-9-5(7)1-2-8(12)6(9)3-11/h1-4,12H. The van der Waals surface area contributed by atoms with E-state index in [9.17, 15) is 9.90 Å². The van der Waals surface area contributed by atoms with Crippen LogP contribution in [-0.2, 0) is 0 Å². The lowest BCUT2D eigenvalue weighted by Gasteiger charge is -1.97. The van der Waals surface area contributed by atoms with E-state index in [2.05, 4.69) is 0 Å². The molecule has 0 spiro atoms. The summed E-state index contributed by atoms with van der Waals surface area (Å²) in [6, 6.07) is 3.18. The van der Waals surface area contributed by atoms with E-state index in [0.29, 0.717) is 16.9 Å². The van der Waals surface area contributed by atoms with Crippen molar-refractivity contribution in [2.75, 3.05) is 0 Å². The second-order valence-corrected chi connectivity index (χ2v) is 3.86. The Morgan fingerprint density at radius 3 is 2.92 bits per heavy atom. The van der Waals surface area contributed by atoms with Crippen molar-refractivity contribution in [3.05, 3.63) is 28.1 Å². The van der Waals surface area contributed by atoms with Gasteiger partial charge in [0.25, 0.3) is 0 Å². The zero-order valence-electron chi connectivity index (χ0n) is 6.45. The minimum absolute atomic E-state index is 0.000941. The molecule has 0 unspecified atom stereocenters. The summed E-state index contributed by atoms with van der Waals surface area (Å²) in [4.78, 5) is 10.7. The molecule has 0 aliphatic heterocycles. The lowest BCUT2D eigenvalue weighted by Crippen LogP contribution is -1.80. The van der Waals surface area contributed by atoms with Gasteiger partial charge in [-0.3, -0.25) is 4.79 Å². The summed E-state index contributed by atoms with van der Waals surface area (Å²) < 4.78 is 0.736. The van der Waals surface area contributed by atoms with Gasteiger partial charge in [-0.25, -0.2) is 0 Å². The van der Waals surface area contributed by atoms with E-state index in [0.717, 1.165) is 10.1 Å². The van der Waals surface area contributed by atoms with Crippen LogP contribution < -0.4 is 0 Å². The summed E-state index contributed by atoms with van der Waals surface area (Å²) in [5.74, 6) is 0.000941. The maximum Gasteiger partial charge on any atom is 0.155 e. The van der Waals surface area contributed by atoms with Crippen molar-refractivity contribution in [2.45, 2.75) is 0 Å². The molecule has 1 heterocycles. The Kier molecular flexibility index (Phi) is 1.98. The Balaban J connectivity index is 2.92. The summed E-state index contributed by atoms with van der Waals surface area (Å²) in [7, 11) is 0. The molecule has 1 N–H and O–H groups in total. The van der Waals surface area contributed by atoms with Gasteiger partial charge in [0, 0.05) is 10.8 Å². The highest BCUT2D eigenvalue weighted by Crippen LogP contribution is 2.35. The van der Waals surface area contributed by atoms with Crippen LogP contribution in [0.5, 0.6) is 5.75 Å². The number of hydrogen-bond acceptors (Lipinski definition) is 3. The van der Waals surface area contributed by atoms with Crippen molar-refractivity contribution in [3.8, 4) is 5.75 Å². The van der Waals surface area contributed by atoms with Crippen LogP contribution in [0, 0.1) is 0 Å².